The molecule has 0 aliphatic carbocycles. The summed E-state index contributed by atoms with van der Waals surface area (Å²) in [6.45, 7) is 4.88. The molecule has 0 fully saturated rings. The normalized spacial score (nSPS) is 18.6. The van der Waals surface area contributed by atoms with Crippen LogP contribution in [0.4, 0.5) is 5.82 Å². The van der Waals surface area contributed by atoms with Crippen LogP contribution in [0.15, 0.2) is 12.1 Å². The summed E-state index contributed by atoms with van der Waals surface area (Å²) in [5.74, 6) is 0.558. The third-order valence-electron chi connectivity index (χ3n) is 3.15. The van der Waals surface area contributed by atoms with Crippen molar-refractivity contribution in [3.8, 4) is 0 Å². The number of ether oxygens (including phenoxy) is 1. The predicted molar refractivity (Wildman–Crippen MR) is 63.1 cm³/mol. The van der Waals surface area contributed by atoms with E-state index in [4.69, 9.17) is 10.5 Å². The Balaban J connectivity index is 2.18. The molecule has 0 saturated carbocycles. The molecule has 0 saturated heterocycles. The number of anilines is 1. The molecule has 0 bridgehead atoms. The van der Waals surface area contributed by atoms with E-state index in [0.29, 0.717) is 12.4 Å². The molecule has 1 aromatic carbocycles. The molecule has 2 aromatic rings. The van der Waals surface area contributed by atoms with Gasteiger partial charge in [-0.25, -0.2) is 0 Å². The fraction of sp³-hybridized carbons (Fsp3) is 0.417. The van der Waals surface area contributed by atoms with Gasteiger partial charge >= 0.3 is 0 Å². The van der Waals surface area contributed by atoms with Gasteiger partial charge in [-0.3, -0.25) is 5.10 Å². The standard InChI is InChI=1S/C12H15N3O/c1-12(2)5-7-4-10-9(11(13)15-14-10)3-8(7)6-16-12/h3-4H,5-6H2,1-2H3,(H3,13,14,15). The van der Waals surface area contributed by atoms with Gasteiger partial charge in [0.15, 0.2) is 5.82 Å². The Morgan fingerprint density at radius 2 is 2.19 bits per heavy atom. The van der Waals surface area contributed by atoms with Gasteiger partial charge in [0, 0.05) is 11.8 Å². The second kappa shape index (κ2) is 2.98. The van der Waals surface area contributed by atoms with Crippen molar-refractivity contribution in [3.63, 3.8) is 0 Å². The number of nitrogens with two attached hydrogens (primary N) is 1. The van der Waals surface area contributed by atoms with Crippen LogP contribution in [-0.4, -0.2) is 15.8 Å². The number of H-pyrrole nitrogens is 1. The summed E-state index contributed by atoms with van der Waals surface area (Å²) in [7, 11) is 0. The molecular formula is C12H15N3O. The summed E-state index contributed by atoms with van der Waals surface area (Å²) in [6, 6.07) is 4.22. The number of rotatable bonds is 0. The highest BCUT2D eigenvalue weighted by Crippen LogP contribution is 2.31. The Hall–Kier alpha value is -1.55. The molecule has 0 radical (unpaired) electrons. The number of nitrogens with one attached hydrogen (secondary N) is 1. The van der Waals surface area contributed by atoms with E-state index in [1.54, 1.807) is 0 Å². The molecular weight excluding hydrogens is 202 g/mol. The van der Waals surface area contributed by atoms with E-state index >= 15 is 0 Å². The molecule has 3 rings (SSSR count). The first-order valence-electron chi connectivity index (χ1n) is 5.44. The number of hydrogen-bond donors (Lipinski definition) is 2. The molecule has 0 amide bonds. The van der Waals surface area contributed by atoms with Crippen LogP contribution in [0.2, 0.25) is 0 Å². The average Bonchev–Trinajstić information content (AvgIpc) is 2.56. The maximum Gasteiger partial charge on any atom is 0.153 e. The van der Waals surface area contributed by atoms with Crippen LogP contribution in [0.1, 0.15) is 25.0 Å². The summed E-state index contributed by atoms with van der Waals surface area (Å²) < 4.78 is 5.79. The third-order valence-corrected chi connectivity index (χ3v) is 3.15. The molecule has 2 heterocycles. The molecule has 0 atom stereocenters. The van der Waals surface area contributed by atoms with Crippen molar-refractivity contribution in [1.29, 1.82) is 0 Å². The zero-order chi connectivity index (χ0) is 11.3. The second-order valence-electron chi connectivity index (χ2n) is 5.00. The van der Waals surface area contributed by atoms with Crippen LogP contribution in [0.3, 0.4) is 0 Å². The Morgan fingerprint density at radius 3 is 3.00 bits per heavy atom. The van der Waals surface area contributed by atoms with E-state index in [1.165, 1.54) is 11.1 Å². The zero-order valence-corrected chi connectivity index (χ0v) is 9.50. The van der Waals surface area contributed by atoms with Crippen LogP contribution < -0.4 is 5.73 Å². The van der Waals surface area contributed by atoms with Crippen molar-refractivity contribution >= 4 is 16.7 Å². The van der Waals surface area contributed by atoms with Crippen LogP contribution >= 0.6 is 0 Å². The van der Waals surface area contributed by atoms with E-state index in [0.717, 1.165) is 17.3 Å². The predicted octanol–water partition coefficient (Wildman–Crippen LogP) is 2.00. The fourth-order valence-electron chi connectivity index (χ4n) is 2.26. The Labute approximate surface area is 93.8 Å². The summed E-state index contributed by atoms with van der Waals surface area (Å²) in [4.78, 5) is 0. The van der Waals surface area contributed by atoms with Crippen molar-refractivity contribution in [2.24, 2.45) is 0 Å². The van der Waals surface area contributed by atoms with E-state index in [2.05, 4.69) is 36.2 Å². The largest absolute Gasteiger partial charge is 0.382 e. The molecule has 4 nitrogen and oxygen atoms in total. The Kier molecular flexibility index (Phi) is 1.80. The third kappa shape index (κ3) is 1.38. The minimum Gasteiger partial charge on any atom is -0.382 e. The van der Waals surface area contributed by atoms with E-state index in [-0.39, 0.29) is 5.60 Å². The van der Waals surface area contributed by atoms with Crippen molar-refractivity contribution in [2.75, 3.05) is 5.73 Å². The van der Waals surface area contributed by atoms with Crippen LogP contribution in [-0.2, 0) is 17.8 Å². The van der Waals surface area contributed by atoms with Crippen LogP contribution in [0.5, 0.6) is 0 Å². The first-order valence-corrected chi connectivity index (χ1v) is 5.44. The van der Waals surface area contributed by atoms with Gasteiger partial charge in [0.1, 0.15) is 0 Å². The van der Waals surface area contributed by atoms with E-state index in [1.807, 2.05) is 0 Å². The van der Waals surface area contributed by atoms with Crippen molar-refractivity contribution < 1.29 is 4.74 Å². The van der Waals surface area contributed by atoms with Gasteiger partial charge in [-0.1, -0.05) is 0 Å². The monoisotopic (exact) mass is 217 g/mol. The highest BCUT2D eigenvalue weighted by Gasteiger charge is 2.26. The number of fused-ring (bicyclic) bond motifs is 2. The molecule has 16 heavy (non-hydrogen) atoms. The number of aromatic nitrogens is 2. The number of aromatic amines is 1. The van der Waals surface area contributed by atoms with E-state index in [9.17, 15) is 0 Å². The first kappa shape index (κ1) is 9.66. The fourth-order valence-corrected chi connectivity index (χ4v) is 2.26. The number of nitrogens with zero attached hydrogens (tertiary/aromatic N) is 1. The lowest BCUT2D eigenvalue weighted by Gasteiger charge is -2.31. The molecule has 1 aromatic heterocycles. The molecule has 0 unspecified atom stereocenters. The summed E-state index contributed by atoms with van der Waals surface area (Å²) in [6.07, 6.45) is 0.928. The van der Waals surface area contributed by atoms with Crippen LogP contribution in [0.25, 0.3) is 10.9 Å². The average molecular weight is 217 g/mol. The number of benzene rings is 1. The lowest BCUT2D eigenvalue weighted by molar-refractivity contribution is -0.0399. The van der Waals surface area contributed by atoms with Gasteiger partial charge in [-0.05, 0) is 37.1 Å². The first-order chi connectivity index (χ1) is 7.55. The summed E-state index contributed by atoms with van der Waals surface area (Å²) in [5, 5.41) is 7.95. The summed E-state index contributed by atoms with van der Waals surface area (Å²) in [5.41, 5.74) is 9.26. The maximum absolute atomic E-state index is 5.79. The van der Waals surface area contributed by atoms with Crippen molar-refractivity contribution in [3.05, 3.63) is 23.3 Å². The lowest BCUT2D eigenvalue weighted by atomic mass is 9.91. The Bertz CT molecular complexity index is 557. The highest BCUT2D eigenvalue weighted by atomic mass is 16.5. The smallest absolute Gasteiger partial charge is 0.153 e. The maximum atomic E-state index is 5.79. The zero-order valence-electron chi connectivity index (χ0n) is 9.50. The second-order valence-corrected chi connectivity index (χ2v) is 5.00. The molecule has 84 valence electrons. The quantitative estimate of drug-likeness (QED) is 0.709. The minimum atomic E-state index is -0.0771. The Morgan fingerprint density at radius 1 is 1.38 bits per heavy atom. The van der Waals surface area contributed by atoms with Gasteiger partial charge in [0.05, 0.1) is 17.7 Å². The number of hydrogen-bond acceptors (Lipinski definition) is 3. The molecule has 1 aliphatic heterocycles. The van der Waals surface area contributed by atoms with Crippen LogP contribution in [0, 0.1) is 0 Å². The van der Waals surface area contributed by atoms with Crippen molar-refractivity contribution in [2.45, 2.75) is 32.5 Å². The molecule has 3 N–H and O–H groups in total. The minimum absolute atomic E-state index is 0.0771. The van der Waals surface area contributed by atoms with Gasteiger partial charge in [-0.2, -0.15) is 5.10 Å². The van der Waals surface area contributed by atoms with Crippen molar-refractivity contribution in [1.82, 2.24) is 10.2 Å². The molecule has 0 spiro atoms. The SMILES string of the molecule is CC1(C)Cc2cc3[nH]nc(N)c3cc2CO1. The molecule has 1 aliphatic rings. The van der Waals surface area contributed by atoms with Gasteiger partial charge < -0.3 is 10.5 Å². The van der Waals surface area contributed by atoms with Gasteiger partial charge in [-0.15, -0.1) is 0 Å². The van der Waals surface area contributed by atoms with E-state index < -0.39 is 0 Å². The van der Waals surface area contributed by atoms with Gasteiger partial charge in [0.2, 0.25) is 0 Å². The lowest BCUT2D eigenvalue weighted by Crippen LogP contribution is -2.31. The topological polar surface area (TPSA) is 63.9 Å². The van der Waals surface area contributed by atoms with Gasteiger partial charge in [0.25, 0.3) is 0 Å². The highest BCUT2D eigenvalue weighted by molar-refractivity contribution is 5.89. The number of nitrogen functional groups attached to an aromatic ring is 1. The summed E-state index contributed by atoms with van der Waals surface area (Å²) >= 11 is 0. The molecule has 4 heteroatoms.